The highest BCUT2D eigenvalue weighted by atomic mass is 33.1. The molecule has 2 atom stereocenters. The molecule has 2 amide bonds. The molecule has 2 N–H and O–H groups in total. The van der Waals surface area contributed by atoms with Gasteiger partial charge in [0.2, 0.25) is 0 Å². The van der Waals surface area contributed by atoms with E-state index < -0.39 is 11.6 Å². The minimum absolute atomic E-state index is 0.184. The Labute approximate surface area is 350 Å². The van der Waals surface area contributed by atoms with Gasteiger partial charge in [-0.2, -0.15) is 0 Å². The van der Waals surface area contributed by atoms with E-state index in [4.69, 9.17) is 9.47 Å². The number of rotatable bonds is 9. The molecule has 0 radical (unpaired) electrons. The summed E-state index contributed by atoms with van der Waals surface area (Å²) in [7, 11) is 6.76. The lowest BCUT2D eigenvalue weighted by atomic mass is 9.96. The number of nitrogens with one attached hydrogen (secondary N) is 2. The Morgan fingerprint density at radius 2 is 1.08 bits per heavy atom. The molecule has 0 spiro atoms. The van der Waals surface area contributed by atoms with E-state index in [1.165, 1.54) is 45.9 Å². The highest BCUT2D eigenvalue weighted by Gasteiger charge is 2.43. The number of ether oxygens (including phenoxy) is 2. The summed E-state index contributed by atoms with van der Waals surface area (Å²) < 4.78 is 39.4. The van der Waals surface area contributed by atoms with Crippen molar-refractivity contribution in [2.24, 2.45) is 0 Å². The second kappa shape index (κ2) is 14.9. The molecule has 16 heteroatoms. The summed E-state index contributed by atoms with van der Waals surface area (Å²) in [5, 5.41) is 1.86. The fourth-order valence-electron chi connectivity index (χ4n) is 9.13. The quantitative estimate of drug-likeness (QED) is 0.0641. The summed E-state index contributed by atoms with van der Waals surface area (Å²) in [6.07, 6.45) is 0.827. The third-order valence-electron chi connectivity index (χ3n) is 11.9. The molecule has 0 saturated carbocycles. The van der Waals surface area contributed by atoms with Crippen LogP contribution in [0.1, 0.15) is 68.4 Å². The molecule has 4 aliphatic rings. The lowest BCUT2D eigenvalue weighted by Crippen LogP contribution is -2.51. The zero-order chi connectivity index (χ0) is 41.4. The van der Waals surface area contributed by atoms with Crippen LogP contribution in [0.5, 0.6) is 11.5 Å². The van der Waals surface area contributed by atoms with E-state index >= 15 is 0 Å². The van der Waals surface area contributed by atoms with Gasteiger partial charge in [0.15, 0.2) is 0 Å². The average molecular weight is 849 g/mol. The lowest BCUT2D eigenvalue weighted by Gasteiger charge is -2.46. The molecule has 4 aromatic carbocycles. The smallest absolute Gasteiger partial charge is 0.312 e. The first-order valence-corrected chi connectivity index (χ1v) is 22.1. The number of carbonyl (C=O) groups excluding carboxylic acids is 4. The molecule has 6 heterocycles. The van der Waals surface area contributed by atoms with E-state index in [2.05, 4.69) is 9.97 Å². The van der Waals surface area contributed by atoms with Crippen LogP contribution in [-0.2, 0) is 22.4 Å². The van der Waals surface area contributed by atoms with Crippen molar-refractivity contribution in [2.45, 2.75) is 38.0 Å². The maximum Gasteiger partial charge on any atom is 0.312 e. The lowest BCUT2D eigenvalue weighted by molar-refractivity contribution is -0.134. The van der Waals surface area contributed by atoms with Crippen LogP contribution in [0.25, 0.3) is 21.8 Å². The van der Waals surface area contributed by atoms with Gasteiger partial charge in [-0.05, 0) is 96.8 Å². The Bertz CT molecular complexity index is 2600. The van der Waals surface area contributed by atoms with Crippen molar-refractivity contribution in [3.63, 3.8) is 0 Å². The van der Waals surface area contributed by atoms with Crippen LogP contribution in [0.2, 0.25) is 0 Å². The normalized spacial score (nSPS) is 17.9. The van der Waals surface area contributed by atoms with Gasteiger partial charge in [-0.25, -0.2) is 8.78 Å². The number of halogens is 2. The molecule has 2 aromatic heterocycles. The second-order valence-electron chi connectivity index (χ2n) is 15.3. The monoisotopic (exact) mass is 848 g/mol. The maximum atomic E-state index is 14.0. The van der Waals surface area contributed by atoms with Crippen LogP contribution in [0, 0.1) is 11.6 Å². The molecule has 306 valence electrons. The van der Waals surface area contributed by atoms with Gasteiger partial charge in [-0.3, -0.25) is 19.2 Å². The number of esters is 2. The fraction of sp³-hybridized carbons (Fsp3) is 0.273. The number of carbonyl (C=O) groups is 4. The van der Waals surface area contributed by atoms with E-state index in [9.17, 15) is 28.0 Å². The Balaban J connectivity index is 0.708. The number of nitrogens with zero attached hydrogens (tertiary/aromatic N) is 4. The van der Waals surface area contributed by atoms with Crippen molar-refractivity contribution < 1.29 is 37.4 Å². The first kappa shape index (κ1) is 38.2. The minimum Gasteiger partial charge on any atom is -0.426 e. The molecular weight excluding hydrogens is 811 g/mol. The van der Waals surface area contributed by atoms with E-state index in [1.807, 2.05) is 48.2 Å². The van der Waals surface area contributed by atoms with Crippen molar-refractivity contribution in [1.82, 2.24) is 19.8 Å². The summed E-state index contributed by atoms with van der Waals surface area (Å²) in [4.78, 5) is 66.8. The Kier molecular flexibility index (Phi) is 9.50. The molecule has 0 fully saturated rings. The van der Waals surface area contributed by atoms with Crippen LogP contribution in [0.3, 0.4) is 0 Å². The number of amides is 2. The number of H-pyrrole nitrogens is 2. The van der Waals surface area contributed by atoms with Gasteiger partial charge in [0.25, 0.3) is 11.8 Å². The first-order valence-electron chi connectivity index (χ1n) is 19.7. The summed E-state index contributed by atoms with van der Waals surface area (Å²) in [6.45, 7) is 0.937. The number of hydrogen-bond donors (Lipinski definition) is 2. The molecule has 4 aliphatic heterocycles. The fourth-order valence-corrected chi connectivity index (χ4v) is 11.1. The Morgan fingerprint density at radius 3 is 1.52 bits per heavy atom. The molecule has 2 unspecified atom stereocenters. The summed E-state index contributed by atoms with van der Waals surface area (Å²) >= 11 is 0. The predicted octanol–water partition coefficient (Wildman–Crippen LogP) is 7.89. The van der Waals surface area contributed by atoms with E-state index in [0.717, 1.165) is 44.3 Å². The van der Waals surface area contributed by atoms with Crippen LogP contribution in [0.15, 0.2) is 72.8 Å². The molecule has 10 rings (SSSR count). The van der Waals surface area contributed by atoms with Crippen molar-refractivity contribution in [3.8, 4) is 11.5 Å². The van der Waals surface area contributed by atoms with Crippen molar-refractivity contribution >= 4 is 78.5 Å². The second-order valence-corrected chi connectivity index (χ2v) is 18.0. The minimum atomic E-state index is -0.446. The van der Waals surface area contributed by atoms with Gasteiger partial charge in [-0.1, -0.05) is 21.6 Å². The van der Waals surface area contributed by atoms with Crippen LogP contribution < -0.4 is 19.3 Å². The molecule has 12 nitrogen and oxygen atoms in total. The number of benzene rings is 4. The number of fused-ring (bicyclic) bond motifs is 12. The predicted molar refractivity (Wildman–Crippen MR) is 227 cm³/mol. The van der Waals surface area contributed by atoms with E-state index in [-0.39, 0.29) is 48.9 Å². The zero-order valence-electron chi connectivity index (χ0n) is 32.6. The zero-order valence-corrected chi connectivity index (χ0v) is 34.2. The summed E-state index contributed by atoms with van der Waals surface area (Å²) in [5.41, 5.74) is 7.67. The highest BCUT2D eigenvalue weighted by molar-refractivity contribution is 8.76. The van der Waals surface area contributed by atoms with Gasteiger partial charge in [-0.15, -0.1) is 0 Å². The van der Waals surface area contributed by atoms with Crippen LogP contribution in [-0.4, -0.2) is 82.2 Å². The average Bonchev–Trinajstić information content (AvgIpc) is 3.80. The maximum absolute atomic E-state index is 14.0. The third-order valence-corrected chi connectivity index (χ3v) is 14.3. The third kappa shape index (κ3) is 6.43. The van der Waals surface area contributed by atoms with Gasteiger partial charge in [0.05, 0.1) is 46.7 Å². The van der Waals surface area contributed by atoms with Gasteiger partial charge in [0.1, 0.15) is 35.5 Å². The molecule has 60 heavy (non-hydrogen) atoms. The van der Waals surface area contributed by atoms with Crippen LogP contribution >= 0.6 is 21.6 Å². The number of aromatic nitrogens is 2. The number of hydrogen-bond acceptors (Lipinski definition) is 10. The van der Waals surface area contributed by atoms with Crippen molar-refractivity contribution in [2.75, 3.05) is 48.5 Å². The number of anilines is 2. The SMILES string of the molecule is CN1c2ccc(F)cc2C(=O)N2CCc3c([nH]c4ccc(OC(=O)CCSSCCC(=O)Oc5ccc6[nH]c7c(c6c5)CCN5C(=O)c6cc(F)ccc6N(C)C75)cc34)C21. The topological polar surface area (TPSA) is 131 Å². The Hall–Kier alpha value is -6.00. The number of aromatic amines is 2. The van der Waals surface area contributed by atoms with Gasteiger partial charge >= 0.3 is 11.9 Å². The molecule has 0 bridgehead atoms. The molecular formula is C44H38F2N6O6S2. The first-order chi connectivity index (χ1) is 29.0. The van der Waals surface area contributed by atoms with E-state index in [0.29, 0.717) is 71.4 Å². The Morgan fingerprint density at radius 1 is 0.650 bits per heavy atom. The standard InChI is InChI=1S/C44H38F2N6O6S2/c1-49-35-9-3-23(45)19-31(35)43(55)51-15-11-27-29-21-25(5-7-33(29)47-39(27)41(49)51)57-37(53)13-17-59-60-18-14-38(54)58-26-6-8-34-30(22-26)28-12-16-52-42(40(28)48-34)50(2)36-10-4-24(46)20-32(36)44(52)56/h3-10,19-22,41-42,47-48H,11-18H2,1-2H3. The van der Waals surface area contributed by atoms with Gasteiger partial charge in [0, 0.05) is 60.5 Å². The van der Waals surface area contributed by atoms with Gasteiger partial charge < -0.3 is 39.0 Å². The molecule has 0 aliphatic carbocycles. The van der Waals surface area contributed by atoms with E-state index in [1.54, 1.807) is 34.1 Å². The summed E-state index contributed by atoms with van der Waals surface area (Å²) in [6, 6.07) is 19.5. The largest absolute Gasteiger partial charge is 0.426 e. The molecule has 6 aromatic rings. The van der Waals surface area contributed by atoms with Crippen LogP contribution in [0.4, 0.5) is 20.2 Å². The van der Waals surface area contributed by atoms with Crippen molar-refractivity contribution in [3.05, 3.63) is 118 Å². The highest BCUT2D eigenvalue weighted by Crippen LogP contribution is 2.45. The van der Waals surface area contributed by atoms with Crippen molar-refractivity contribution in [1.29, 1.82) is 0 Å². The molecule has 0 saturated heterocycles. The summed E-state index contributed by atoms with van der Waals surface area (Å²) in [5.74, 6) is -0.151.